The van der Waals surface area contributed by atoms with Crippen molar-refractivity contribution < 1.29 is 37.8 Å². The van der Waals surface area contributed by atoms with Crippen molar-refractivity contribution in [3.63, 3.8) is 0 Å². The Morgan fingerprint density at radius 1 is 1.15 bits per heavy atom. The van der Waals surface area contributed by atoms with Crippen LogP contribution in [0.2, 0.25) is 5.02 Å². The lowest BCUT2D eigenvalue weighted by Crippen LogP contribution is -2.31. The number of Topliss-reactive ketones (excluding diaryl/α,β-unsaturated/α-hetero) is 1. The first kappa shape index (κ1) is 35.6. The number of methoxy groups -OCH3 is 2. The molecule has 252 valence electrons. The number of nitrogens with zero attached hydrogens (tertiary/aromatic N) is 2. The van der Waals surface area contributed by atoms with Crippen molar-refractivity contribution in [2.45, 2.75) is 44.7 Å². The second-order valence-electron chi connectivity index (χ2n) is 10.7. The molecule has 48 heavy (non-hydrogen) atoms. The van der Waals surface area contributed by atoms with Gasteiger partial charge in [0.2, 0.25) is 5.91 Å². The predicted octanol–water partition coefficient (Wildman–Crippen LogP) is 5.54. The number of benzene rings is 2. The molecule has 0 saturated carbocycles. The van der Waals surface area contributed by atoms with Gasteiger partial charge in [-0.3, -0.25) is 14.9 Å². The molecule has 0 fully saturated rings. The van der Waals surface area contributed by atoms with Gasteiger partial charge in [-0.2, -0.15) is 5.26 Å². The van der Waals surface area contributed by atoms with E-state index in [-0.39, 0.29) is 35.1 Å². The lowest BCUT2D eigenvalue weighted by molar-refractivity contribution is -0.141. The number of nitrogens with one attached hydrogen (secondary N) is 4. The number of carbonyl (C=O) groups excluding carboxylic acids is 4. The van der Waals surface area contributed by atoms with Crippen LogP contribution in [-0.2, 0) is 23.8 Å². The van der Waals surface area contributed by atoms with Crippen LogP contribution >= 0.6 is 11.6 Å². The van der Waals surface area contributed by atoms with Crippen LogP contribution in [0.25, 0.3) is 17.3 Å². The molecule has 2 heterocycles. The van der Waals surface area contributed by atoms with E-state index in [4.69, 9.17) is 25.8 Å². The van der Waals surface area contributed by atoms with Crippen molar-refractivity contribution in [2.24, 2.45) is 0 Å². The number of ketones is 1. The zero-order valence-corrected chi connectivity index (χ0v) is 27.2. The van der Waals surface area contributed by atoms with Crippen LogP contribution in [0.4, 0.5) is 20.6 Å². The Kier molecular flexibility index (Phi) is 12.3. The Morgan fingerprint density at radius 2 is 1.92 bits per heavy atom. The number of esters is 1. The summed E-state index contributed by atoms with van der Waals surface area (Å²) in [6.45, 7) is 1.54. The summed E-state index contributed by atoms with van der Waals surface area (Å²) in [4.78, 5) is 57.9. The molecule has 1 aliphatic heterocycles. The van der Waals surface area contributed by atoms with Gasteiger partial charge in [0.1, 0.15) is 30.4 Å². The predicted molar refractivity (Wildman–Crippen MR) is 175 cm³/mol. The number of anilines is 2. The number of imidazole rings is 1. The molecule has 15 heteroatoms. The first-order valence-electron chi connectivity index (χ1n) is 14.9. The van der Waals surface area contributed by atoms with Gasteiger partial charge in [-0.1, -0.05) is 24.4 Å². The number of fused-ring (bicyclic) bond motifs is 4. The van der Waals surface area contributed by atoms with Crippen LogP contribution in [0, 0.1) is 17.1 Å². The number of halogens is 2. The van der Waals surface area contributed by atoms with Crippen molar-refractivity contribution >= 4 is 52.8 Å². The van der Waals surface area contributed by atoms with Gasteiger partial charge in [0.15, 0.2) is 11.5 Å². The Bertz CT molecular complexity index is 1770. The van der Waals surface area contributed by atoms with E-state index in [1.54, 1.807) is 18.2 Å². The quantitative estimate of drug-likeness (QED) is 0.0969. The summed E-state index contributed by atoms with van der Waals surface area (Å²) in [5.41, 5.74) is 1.45. The summed E-state index contributed by atoms with van der Waals surface area (Å²) in [6.07, 6.45) is 3.34. The van der Waals surface area contributed by atoms with Crippen LogP contribution < -0.4 is 16.0 Å². The zero-order valence-electron chi connectivity index (χ0n) is 26.4. The van der Waals surface area contributed by atoms with E-state index in [1.165, 1.54) is 39.4 Å². The van der Waals surface area contributed by atoms with E-state index in [2.05, 4.69) is 32.0 Å². The Labute approximate surface area is 280 Å². The van der Waals surface area contributed by atoms with E-state index in [9.17, 15) is 28.8 Å². The Hall–Kier alpha value is -5.26. The molecular weight excluding hydrogens is 647 g/mol. The zero-order chi connectivity index (χ0) is 34.8. The maximum Gasteiger partial charge on any atom is 0.411 e. The number of rotatable bonds is 9. The molecule has 4 N–H and O–H groups in total. The van der Waals surface area contributed by atoms with Crippen LogP contribution in [0.15, 0.2) is 36.4 Å². The topological polar surface area (TPSA) is 185 Å². The highest BCUT2D eigenvalue weighted by Gasteiger charge is 2.27. The van der Waals surface area contributed by atoms with E-state index >= 15 is 0 Å². The molecule has 2 aromatic carbocycles. The van der Waals surface area contributed by atoms with Crippen LogP contribution in [0.1, 0.15) is 66.1 Å². The van der Waals surface area contributed by atoms with Crippen LogP contribution in [0.3, 0.4) is 0 Å². The molecule has 13 nitrogen and oxygen atoms in total. The van der Waals surface area contributed by atoms with Gasteiger partial charge in [0.05, 0.1) is 30.5 Å². The fourth-order valence-corrected chi connectivity index (χ4v) is 5.30. The first-order valence-corrected chi connectivity index (χ1v) is 15.3. The third-order valence-corrected chi connectivity index (χ3v) is 7.79. The van der Waals surface area contributed by atoms with Crippen LogP contribution in [-0.4, -0.2) is 67.2 Å². The Morgan fingerprint density at radius 3 is 2.62 bits per heavy atom. The molecular formula is C33H34ClFN6O7. The van der Waals surface area contributed by atoms with Gasteiger partial charge >= 0.3 is 12.1 Å². The van der Waals surface area contributed by atoms with Crippen molar-refractivity contribution in [1.29, 1.82) is 5.26 Å². The second kappa shape index (κ2) is 16.5. The fraction of sp³-hybridized carbons (Fsp3) is 0.333. The molecule has 1 aliphatic rings. The van der Waals surface area contributed by atoms with Crippen molar-refractivity contribution in [3.8, 4) is 17.3 Å². The number of ether oxygens (including phenoxy) is 3. The highest BCUT2D eigenvalue weighted by atomic mass is 35.5. The molecule has 3 aromatic rings. The summed E-state index contributed by atoms with van der Waals surface area (Å²) in [7, 11) is 2.76. The van der Waals surface area contributed by atoms with Crippen LogP contribution in [0.5, 0.6) is 0 Å². The summed E-state index contributed by atoms with van der Waals surface area (Å²) in [6, 6.07) is 8.03. The van der Waals surface area contributed by atoms with E-state index in [1.807, 2.05) is 0 Å². The number of hydrogen-bond acceptors (Lipinski definition) is 10. The lowest BCUT2D eigenvalue weighted by atomic mass is 10.0. The fourth-order valence-electron chi connectivity index (χ4n) is 5.13. The summed E-state index contributed by atoms with van der Waals surface area (Å²) < 4.78 is 29.8. The van der Waals surface area contributed by atoms with Gasteiger partial charge in [-0.05, 0) is 56.2 Å². The van der Waals surface area contributed by atoms with Gasteiger partial charge in [0, 0.05) is 41.3 Å². The number of hydrogen-bond donors (Lipinski definition) is 4. The van der Waals surface area contributed by atoms with E-state index in [0.717, 1.165) is 6.08 Å². The second-order valence-corrected chi connectivity index (χ2v) is 11.2. The normalized spacial score (nSPS) is 15.9. The summed E-state index contributed by atoms with van der Waals surface area (Å²) >= 11 is 5.91. The number of H-pyrrole nitrogens is 1. The van der Waals surface area contributed by atoms with Gasteiger partial charge in [-0.25, -0.2) is 19.0 Å². The minimum atomic E-state index is -0.831. The molecule has 2 bridgehead atoms. The molecule has 2 amide bonds. The molecule has 1 aromatic heterocycles. The molecule has 0 radical (unpaired) electrons. The Balaban J connectivity index is 1.69. The van der Waals surface area contributed by atoms with Crippen molar-refractivity contribution in [1.82, 2.24) is 15.3 Å². The average molecular weight is 681 g/mol. The number of nitriles is 1. The number of aromatic nitrogens is 2. The summed E-state index contributed by atoms with van der Waals surface area (Å²) in [5, 5.41) is 18.5. The van der Waals surface area contributed by atoms with Gasteiger partial charge in [0.25, 0.3) is 0 Å². The average Bonchev–Trinajstić information content (AvgIpc) is 3.49. The monoisotopic (exact) mass is 680 g/mol. The van der Waals surface area contributed by atoms with Gasteiger partial charge < -0.3 is 29.8 Å². The maximum atomic E-state index is 14.8. The lowest BCUT2D eigenvalue weighted by Gasteiger charge is -2.22. The molecule has 0 aliphatic carbocycles. The van der Waals surface area contributed by atoms with Crippen molar-refractivity contribution in [3.05, 3.63) is 69.9 Å². The molecule has 0 spiro atoms. The number of carbonyl (C=O) groups is 4. The highest BCUT2D eigenvalue weighted by Crippen LogP contribution is 2.35. The molecule has 0 unspecified atom stereocenters. The minimum Gasteiger partial charge on any atom is -0.467 e. The third-order valence-electron chi connectivity index (χ3n) is 7.49. The molecule has 2 atom stereocenters. The smallest absolute Gasteiger partial charge is 0.411 e. The standard InChI is InChI=1S/C33H34ClFN6O7/c1-18(42)20-10-12-23(34)29(35)21(20)11-13-28(43)39-24-6-4-5-7-25(32(44)47-3)38-26-16-19(37-33(45)48-15-14-46-2)8-9-22(26)30-27(17-36)40-31(24)41-30/h8-13,16,24-25,38H,4-7,14-15H2,1-3H3,(H,37,45)(H,39,43)(H,40,41)/b13-11+/t24-,25+/m0/s1. The maximum absolute atomic E-state index is 14.8. The largest absolute Gasteiger partial charge is 0.467 e. The van der Waals surface area contributed by atoms with E-state index < -0.39 is 41.7 Å². The number of amides is 2. The van der Waals surface area contributed by atoms with Gasteiger partial charge in [-0.15, -0.1) is 0 Å². The minimum absolute atomic E-state index is 0.0171. The third kappa shape index (κ3) is 8.75. The van der Waals surface area contributed by atoms with Crippen molar-refractivity contribution in [2.75, 3.05) is 38.1 Å². The van der Waals surface area contributed by atoms with E-state index in [0.29, 0.717) is 54.1 Å². The number of aromatic amines is 1. The highest BCUT2D eigenvalue weighted by molar-refractivity contribution is 6.31. The SMILES string of the molecule is COCCOC(=O)Nc1ccc2c(c1)N[C@@H](C(=O)OC)CCCC[C@H](NC(=O)/C=C/c1c(C(C)=O)ccc(Cl)c1F)c1nc(C#N)c-2[nH]1. The summed E-state index contributed by atoms with van der Waals surface area (Å²) in [5.74, 6) is -2.07. The first-order chi connectivity index (χ1) is 23.1. The molecule has 4 rings (SSSR count). The molecule has 0 saturated heterocycles.